The van der Waals surface area contributed by atoms with E-state index in [1.54, 1.807) is 19.5 Å². The van der Waals surface area contributed by atoms with E-state index in [-0.39, 0.29) is 6.17 Å². The molecule has 3 rings (SSSR count). The Morgan fingerprint density at radius 3 is 2.92 bits per heavy atom. The SMILES string of the molecule is CN=CC(=CN)c1cnc2c(c1)NC(Nc1cc(C(C)C)ccn1)C=C2. The Bertz CT molecular complexity index is 866. The van der Waals surface area contributed by atoms with E-state index >= 15 is 0 Å². The van der Waals surface area contributed by atoms with Crippen molar-refractivity contribution in [1.29, 1.82) is 0 Å². The van der Waals surface area contributed by atoms with Crippen LogP contribution in [-0.4, -0.2) is 29.4 Å². The summed E-state index contributed by atoms with van der Waals surface area (Å²) in [5, 5.41) is 6.85. The predicted molar refractivity (Wildman–Crippen MR) is 109 cm³/mol. The van der Waals surface area contributed by atoms with Crippen molar-refractivity contribution in [1.82, 2.24) is 9.97 Å². The molecule has 1 aliphatic heterocycles. The Morgan fingerprint density at radius 2 is 2.19 bits per heavy atom. The molecule has 1 atom stereocenters. The van der Waals surface area contributed by atoms with Crippen LogP contribution >= 0.6 is 0 Å². The average molecular weight is 348 g/mol. The van der Waals surface area contributed by atoms with Gasteiger partial charge in [0.15, 0.2) is 0 Å². The van der Waals surface area contributed by atoms with E-state index in [1.807, 2.05) is 30.5 Å². The summed E-state index contributed by atoms with van der Waals surface area (Å²) in [6.45, 7) is 4.34. The fraction of sp³-hybridized carbons (Fsp3) is 0.250. The average Bonchev–Trinajstić information content (AvgIpc) is 2.65. The molecule has 0 fully saturated rings. The Morgan fingerprint density at radius 1 is 1.35 bits per heavy atom. The largest absolute Gasteiger partial charge is 0.404 e. The molecule has 0 spiro atoms. The summed E-state index contributed by atoms with van der Waals surface area (Å²) in [6, 6.07) is 6.15. The number of pyridine rings is 2. The van der Waals surface area contributed by atoms with Gasteiger partial charge in [-0.1, -0.05) is 13.8 Å². The van der Waals surface area contributed by atoms with Crippen molar-refractivity contribution in [3.8, 4) is 0 Å². The van der Waals surface area contributed by atoms with Gasteiger partial charge in [0.05, 0.1) is 11.4 Å². The molecule has 0 aliphatic carbocycles. The fourth-order valence-electron chi connectivity index (χ4n) is 2.77. The zero-order valence-corrected chi connectivity index (χ0v) is 15.3. The van der Waals surface area contributed by atoms with Crippen LogP contribution in [0.3, 0.4) is 0 Å². The van der Waals surface area contributed by atoms with Gasteiger partial charge in [-0.3, -0.25) is 9.98 Å². The molecular weight excluding hydrogens is 324 g/mol. The summed E-state index contributed by atoms with van der Waals surface area (Å²) in [5.41, 5.74) is 10.5. The number of fused-ring (bicyclic) bond motifs is 1. The maximum Gasteiger partial charge on any atom is 0.127 e. The van der Waals surface area contributed by atoms with Crippen LogP contribution in [0.1, 0.15) is 36.6 Å². The Kier molecular flexibility index (Phi) is 5.31. The van der Waals surface area contributed by atoms with E-state index in [2.05, 4.69) is 45.5 Å². The van der Waals surface area contributed by atoms with Crippen molar-refractivity contribution in [3.63, 3.8) is 0 Å². The van der Waals surface area contributed by atoms with Gasteiger partial charge >= 0.3 is 0 Å². The van der Waals surface area contributed by atoms with E-state index in [9.17, 15) is 0 Å². The second kappa shape index (κ2) is 7.82. The second-order valence-electron chi connectivity index (χ2n) is 6.42. The quantitative estimate of drug-likeness (QED) is 0.720. The first-order valence-corrected chi connectivity index (χ1v) is 8.62. The van der Waals surface area contributed by atoms with Gasteiger partial charge in [0.25, 0.3) is 0 Å². The zero-order chi connectivity index (χ0) is 18.5. The number of hydrogen-bond acceptors (Lipinski definition) is 6. The minimum Gasteiger partial charge on any atom is -0.404 e. The van der Waals surface area contributed by atoms with Gasteiger partial charge in [-0.2, -0.15) is 0 Å². The number of nitrogens with one attached hydrogen (secondary N) is 2. The first-order valence-electron chi connectivity index (χ1n) is 8.62. The molecule has 2 aromatic heterocycles. The number of hydrogen-bond donors (Lipinski definition) is 3. The van der Waals surface area contributed by atoms with Gasteiger partial charge in [0.1, 0.15) is 12.0 Å². The number of allylic oxidation sites excluding steroid dienone is 1. The number of nitrogens with two attached hydrogens (primary N) is 1. The lowest BCUT2D eigenvalue weighted by Gasteiger charge is -2.24. The lowest BCUT2D eigenvalue weighted by atomic mass is 10.1. The molecule has 3 heterocycles. The van der Waals surface area contributed by atoms with E-state index in [1.165, 1.54) is 11.8 Å². The summed E-state index contributed by atoms with van der Waals surface area (Å²) in [5.74, 6) is 1.30. The molecule has 1 unspecified atom stereocenters. The van der Waals surface area contributed by atoms with Crippen molar-refractivity contribution in [3.05, 3.63) is 59.7 Å². The highest BCUT2D eigenvalue weighted by Crippen LogP contribution is 2.25. The van der Waals surface area contributed by atoms with Crippen LogP contribution in [-0.2, 0) is 0 Å². The molecule has 6 heteroatoms. The smallest absolute Gasteiger partial charge is 0.127 e. The fourth-order valence-corrected chi connectivity index (χ4v) is 2.77. The zero-order valence-electron chi connectivity index (χ0n) is 15.3. The van der Waals surface area contributed by atoms with Crippen LogP contribution in [0, 0.1) is 0 Å². The lowest BCUT2D eigenvalue weighted by Crippen LogP contribution is -2.29. The summed E-state index contributed by atoms with van der Waals surface area (Å²) >= 11 is 0. The third kappa shape index (κ3) is 3.91. The maximum atomic E-state index is 5.70. The molecule has 6 nitrogen and oxygen atoms in total. The highest BCUT2D eigenvalue weighted by Gasteiger charge is 2.15. The highest BCUT2D eigenvalue weighted by molar-refractivity contribution is 6.09. The van der Waals surface area contributed by atoms with E-state index in [0.717, 1.165) is 28.3 Å². The van der Waals surface area contributed by atoms with Crippen molar-refractivity contribution >= 4 is 29.4 Å². The highest BCUT2D eigenvalue weighted by atomic mass is 15.2. The Balaban J connectivity index is 1.79. The Labute approximate surface area is 154 Å². The number of aliphatic imine (C=N–C) groups is 1. The molecule has 4 N–H and O–H groups in total. The third-order valence-electron chi connectivity index (χ3n) is 4.21. The lowest BCUT2D eigenvalue weighted by molar-refractivity contribution is 0.861. The third-order valence-corrected chi connectivity index (χ3v) is 4.21. The van der Waals surface area contributed by atoms with Gasteiger partial charge in [0, 0.05) is 43.0 Å². The summed E-state index contributed by atoms with van der Waals surface area (Å²) in [4.78, 5) is 12.9. The van der Waals surface area contributed by atoms with Gasteiger partial charge in [-0.05, 0) is 41.8 Å². The van der Waals surface area contributed by atoms with Crippen LogP contribution in [0.15, 0.2) is 47.9 Å². The first-order chi connectivity index (χ1) is 12.6. The van der Waals surface area contributed by atoms with Gasteiger partial charge in [-0.25, -0.2) is 4.98 Å². The van der Waals surface area contributed by atoms with Crippen molar-refractivity contribution in [2.24, 2.45) is 10.7 Å². The maximum absolute atomic E-state index is 5.70. The normalized spacial score (nSPS) is 16.6. The van der Waals surface area contributed by atoms with Gasteiger partial charge in [-0.15, -0.1) is 0 Å². The van der Waals surface area contributed by atoms with Crippen molar-refractivity contribution < 1.29 is 0 Å². The molecule has 2 aromatic rings. The molecule has 0 radical (unpaired) electrons. The molecule has 0 aromatic carbocycles. The molecule has 0 amide bonds. The number of aromatic nitrogens is 2. The van der Waals surface area contributed by atoms with Crippen LogP contribution in [0.5, 0.6) is 0 Å². The Hall–Kier alpha value is -3.15. The summed E-state index contributed by atoms with van der Waals surface area (Å²) in [6.07, 6.45) is 10.9. The van der Waals surface area contributed by atoms with Gasteiger partial charge < -0.3 is 16.4 Å². The molecule has 26 heavy (non-hydrogen) atoms. The van der Waals surface area contributed by atoms with E-state index in [4.69, 9.17) is 5.73 Å². The van der Waals surface area contributed by atoms with Crippen LogP contribution in [0.2, 0.25) is 0 Å². The van der Waals surface area contributed by atoms with E-state index in [0.29, 0.717) is 5.92 Å². The van der Waals surface area contributed by atoms with Crippen LogP contribution in [0.25, 0.3) is 11.6 Å². The number of rotatable bonds is 5. The standard InChI is InChI=1S/C20H24N6/c1-13(2)14-6-7-23-20(9-14)26-19-5-4-17-18(25-19)8-15(12-24-17)16(10-21)11-22-3/h4-13,19,25H,21H2,1-3H3,(H,23,26). The molecular formula is C20H24N6. The monoisotopic (exact) mass is 348 g/mol. The minimum atomic E-state index is -0.0698. The molecule has 0 saturated heterocycles. The van der Waals surface area contributed by atoms with Gasteiger partial charge in [0.2, 0.25) is 0 Å². The molecule has 1 aliphatic rings. The van der Waals surface area contributed by atoms with E-state index < -0.39 is 0 Å². The van der Waals surface area contributed by atoms with Crippen molar-refractivity contribution in [2.75, 3.05) is 17.7 Å². The summed E-state index contributed by atoms with van der Waals surface area (Å²) < 4.78 is 0. The summed E-state index contributed by atoms with van der Waals surface area (Å²) in [7, 11) is 1.72. The molecule has 0 saturated carbocycles. The van der Waals surface area contributed by atoms with Crippen LogP contribution < -0.4 is 16.4 Å². The predicted octanol–water partition coefficient (Wildman–Crippen LogP) is 3.48. The minimum absolute atomic E-state index is 0.0698. The molecule has 134 valence electrons. The molecule has 0 bridgehead atoms. The second-order valence-corrected chi connectivity index (χ2v) is 6.42. The van der Waals surface area contributed by atoms with Crippen molar-refractivity contribution in [2.45, 2.75) is 25.9 Å². The number of nitrogens with zero attached hydrogens (tertiary/aromatic N) is 3. The number of anilines is 2. The first kappa shape index (κ1) is 17.7. The van der Waals surface area contributed by atoms with Crippen LogP contribution in [0.4, 0.5) is 11.5 Å². The topological polar surface area (TPSA) is 88.2 Å².